The van der Waals surface area contributed by atoms with E-state index in [1.807, 2.05) is 19.1 Å². The van der Waals surface area contributed by atoms with Crippen molar-refractivity contribution in [3.8, 4) is 0 Å². The first-order valence-electron chi connectivity index (χ1n) is 8.96. The lowest BCUT2D eigenvalue weighted by Crippen LogP contribution is -2.37. The number of anilines is 2. The standard InChI is InChI=1S/C20H21FN4O2/c1-14-11-16(21)4-5-17(14)22-13-15-3-2-6-25-19(26)12-18(23-20(15)25)24-7-9-27-10-8-24/h2-6,11-12,22H,7-10,13H2,1H3. The number of benzene rings is 1. The lowest BCUT2D eigenvalue weighted by atomic mass is 10.2. The van der Waals surface area contributed by atoms with Crippen molar-refractivity contribution >= 4 is 17.2 Å². The Kier molecular flexibility index (Phi) is 4.77. The van der Waals surface area contributed by atoms with Crippen LogP contribution in [-0.4, -0.2) is 35.7 Å². The third-order valence-corrected chi connectivity index (χ3v) is 4.75. The highest BCUT2D eigenvalue weighted by Crippen LogP contribution is 2.19. The van der Waals surface area contributed by atoms with E-state index in [1.54, 1.807) is 22.7 Å². The maximum Gasteiger partial charge on any atom is 0.259 e. The molecule has 1 N–H and O–H groups in total. The van der Waals surface area contributed by atoms with E-state index in [0.29, 0.717) is 31.2 Å². The maximum atomic E-state index is 13.3. The monoisotopic (exact) mass is 368 g/mol. The Bertz CT molecular complexity index is 1030. The van der Waals surface area contributed by atoms with Gasteiger partial charge in [0.25, 0.3) is 5.56 Å². The van der Waals surface area contributed by atoms with Crippen molar-refractivity contribution in [1.29, 1.82) is 0 Å². The number of hydrogen-bond acceptors (Lipinski definition) is 5. The van der Waals surface area contributed by atoms with Gasteiger partial charge >= 0.3 is 0 Å². The van der Waals surface area contributed by atoms with E-state index in [2.05, 4.69) is 10.2 Å². The van der Waals surface area contributed by atoms with Gasteiger partial charge in [-0.2, -0.15) is 0 Å². The summed E-state index contributed by atoms with van der Waals surface area (Å²) >= 11 is 0. The summed E-state index contributed by atoms with van der Waals surface area (Å²) in [6.07, 6.45) is 1.72. The smallest absolute Gasteiger partial charge is 0.259 e. The van der Waals surface area contributed by atoms with Gasteiger partial charge in [0.05, 0.1) is 13.2 Å². The molecule has 1 aromatic carbocycles. The number of aryl methyl sites for hydroxylation is 1. The zero-order valence-corrected chi connectivity index (χ0v) is 15.1. The predicted octanol–water partition coefficient (Wildman–Crippen LogP) is 2.59. The fraction of sp³-hybridized carbons (Fsp3) is 0.300. The fourth-order valence-corrected chi connectivity index (χ4v) is 3.28. The van der Waals surface area contributed by atoms with Crippen molar-refractivity contribution in [2.45, 2.75) is 13.5 Å². The summed E-state index contributed by atoms with van der Waals surface area (Å²) in [7, 11) is 0. The molecule has 0 aliphatic carbocycles. The second-order valence-electron chi connectivity index (χ2n) is 6.59. The number of nitrogens with one attached hydrogen (secondary N) is 1. The summed E-state index contributed by atoms with van der Waals surface area (Å²) in [5, 5.41) is 3.31. The number of hydrogen-bond donors (Lipinski definition) is 1. The summed E-state index contributed by atoms with van der Waals surface area (Å²) in [4.78, 5) is 19.4. The minimum absolute atomic E-state index is 0.110. The molecule has 2 aromatic heterocycles. The van der Waals surface area contributed by atoms with Gasteiger partial charge in [-0.15, -0.1) is 0 Å². The first-order chi connectivity index (χ1) is 13.1. The van der Waals surface area contributed by atoms with Crippen LogP contribution < -0.4 is 15.8 Å². The summed E-state index contributed by atoms with van der Waals surface area (Å²) in [5.74, 6) is 0.417. The van der Waals surface area contributed by atoms with Crippen LogP contribution in [0.1, 0.15) is 11.1 Å². The molecule has 6 nitrogen and oxygen atoms in total. The molecule has 140 valence electrons. The van der Waals surface area contributed by atoms with Crippen LogP contribution in [0.5, 0.6) is 0 Å². The van der Waals surface area contributed by atoms with Crippen LogP contribution in [-0.2, 0) is 11.3 Å². The Hall–Kier alpha value is -2.93. The van der Waals surface area contributed by atoms with Gasteiger partial charge in [-0.05, 0) is 36.8 Å². The summed E-state index contributed by atoms with van der Waals surface area (Å²) in [5.41, 5.74) is 3.09. The highest BCUT2D eigenvalue weighted by molar-refractivity contribution is 5.56. The number of rotatable bonds is 4. The molecule has 4 rings (SSSR count). The molecule has 0 atom stereocenters. The molecule has 0 unspecified atom stereocenters. The van der Waals surface area contributed by atoms with Crippen molar-refractivity contribution in [2.24, 2.45) is 0 Å². The maximum absolute atomic E-state index is 13.3. The zero-order valence-electron chi connectivity index (χ0n) is 15.1. The molecule has 3 aromatic rings. The first kappa shape index (κ1) is 17.5. The predicted molar refractivity (Wildman–Crippen MR) is 103 cm³/mol. The second-order valence-corrected chi connectivity index (χ2v) is 6.59. The Balaban J connectivity index is 1.67. The summed E-state index contributed by atoms with van der Waals surface area (Å²) in [6, 6.07) is 9.98. The number of morpholine rings is 1. The highest BCUT2D eigenvalue weighted by atomic mass is 19.1. The van der Waals surface area contributed by atoms with E-state index in [1.165, 1.54) is 12.1 Å². The Morgan fingerprint density at radius 2 is 2.04 bits per heavy atom. The number of nitrogens with zero attached hydrogens (tertiary/aromatic N) is 3. The summed E-state index contributed by atoms with van der Waals surface area (Å²) < 4.78 is 20.2. The van der Waals surface area contributed by atoms with E-state index in [-0.39, 0.29) is 11.4 Å². The number of pyridine rings is 1. The molecule has 1 fully saturated rings. The van der Waals surface area contributed by atoms with E-state index in [4.69, 9.17) is 9.72 Å². The van der Waals surface area contributed by atoms with Crippen LogP contribution in [0.3, 0.4) is 0 Å². The Labute approximate surface area is 156 Å². The normalized spacial score (nSPS) is 14.5. The molecule has 1 saturated heterocycles. The van der Waals surface area contributed by atoms with Crippen molar-refractivity contribution in [1.82, 2.24) is 9.38 Å². The quantitative estimate of drug-likeness (QED) is 0.767. The molecule has 1 aliphatic rings. The lowest BCUT2D eigenvalue weighted by molar-refractivity contribution is 0.122. The van der Waals surface area contributed by atoms with Crippen molar-refractivity contribution < 1.29 is 9.13 Å². The number of halogens is 1. The molecule has 1 aliphatic heterocycles. The van der Waals surface area contributed by atoms with Crippen LogP contribution >= 0.6 is 0 Å². The van der Waals surface area contributed by atoms with Gasteiger partial charge in [0.15, 0.2) is 0 Å². The zero-order chi connectivity index (χ0) is 18.8. The minimum Gasteiger partial charge on any atom is -0.381 e. The van der Waals surface area contributed by atoms with Gasteiger partial charge in [0, 0.05) is 43.1 Å². The van der Waals surface area contributed by atoms with E-state index in [9.17, 15) is 9.18 Å². The molecular weight excluding hydrogens is 347 g/mol. The minimum atomic E-state index is -0.258. The molecular formula is C20H21FN4O2. The Morgan fingerprint density at radius 3 is 2.81 bits per heavy atom. The van der Waals surface area contributed by atoms with Crippen molar-refractivity contribution in [3.05, 3.63) is 69.9 Å². The molecule has 0 radical (unpaired) electrons. The molecule has 0 amide bonds. The van der Waals surface area contributed by atoms with Crippen LogP contribution in [0.25, 0.3) is 5.65 Å². The fourth-order valence-electron chi connectivity index (χ4n) is 3.28. The highest BCUT2D eigenvalue weighted by Gasteiger charge is 2.15. The molecule has 3 heterocycles. The average Bonchev–Trinajstić information content (AvgIpc) is 2.68. The van der Waals surface area contributed by atoms with Gasteiger partial charge in [-0.25, -0.2) is 9.37 Å². The second kappa shape index (κ2) is 7.36. The van der Waals surface area contributed by atoms with Crippen LogP contribution in [0.2, 0.25) is 0 Å². The number of fused-ring (bicyclic) bond motifs is 1. The summed E-state index contributed by atoms with van der Waals surface area (Å²) in [6.45, 7) is 5.04. The van der Waals surface area contributed by atoms with E-state index >= 15 is 0 Å². The number of ether oxygens (including phenoxy) is 1. The molecule has 0 bridgehead atoms. The van der Waals surface area contributed by atoms with Crippen LogP contribution in [0, 0.1) is 12.7 Å². The van der Waals surface area contributed by atoms with Crippen LogP contribution in [0.4, 0.5) is 15.9 Å². The van der Waals surface area contributed by atoms with Gasteiger partial charge < -0.3 is 15.0 Å². The van der Waals surface area contributed by atoms with Gasteiger partial charge in [0.1, 0.15) is 17.3 Å². The average molecular weight is 368 g/mol. The van der Waals surface area contributed by atoms with Gasteiger partial charge in [-0.1, -0.05) is 6.07 Å². The van der Waals surface area contributed by atoms with E-state index < -0.39 is 0 Å². The SMILES string of the molecule is Cc1cc(F)ccc1NCc1cccn2c(=O)cc(N3CCOCC3)nc12. The largest absolute Gasteiger partial charge is 0.381 e. The van der Waals surface area contributed by atoms with Gasteiger partial charge in [-0.3, -0.25) is 9.20 Å². The van der Waals surface area contributed by atoms with Crippen molar-refractivity contribution in [2.75, 3.05) is 36.5 Å². The first-order valence-corrected chi connectivity index (χ1v) is 8.96. The molecule has 7 heteroatoms. The Morgan fingerprint density at radius 1 is 1.22 bits per heavy atom. The van der Waals surface area contributed by atoms with Gasteiger partial charge in [0.2, 0.25) is 0 Å². The van der Waals surface area contributed by atoms with Crippen molar-refractivity contribution in [3.63, 3.8) is 0 Å². The molecule has 0 spiro atoms. The third kappa shape index (κ3) is 3.64. The topological polar surface area (TPSA) is 58.9 Å². The molecule has 0 saturated carbocycles. The lowest BCUT2D eigenvalue weighted by Gasteiger charge is -2.27. The van der Waals surface area contributed by atoms with Crippen LogP contribution in [0.15, 0.2) is 47.4 Å². The third-order valence-electron chi connectivity index (χ3n) is 4.75. The molecule has 27 heavy (non-hydrogen) atoms. The van der Waals surface area contributed by atoms with E-state index in [0.717, 1.165) is 29.9 Å². The number of aromatic nitrogens is 2.